The molecule has 30 heavy (non-hydrogen) atoms. The number of fused-ring (bicyclic) bond motifs is 3. The molecule has 1 unspecified atom stereocenters. The van der Waals surface area contributed by atoms with E-state index in [1.165, 1.54) is 6.07 Å². The Kier molecular flexibility index (Phi) is 4.73. The topological polar surface area (TPSA) is 101 Å². The fraction of sp³-hybridized carbons (Fsp3) is 0.389. The summed E-state index contributed by atoms with van der Waals surface area (Å²) in [5.74, 6) is 0.465. The summed E-state index contributed by atoms with van der Waals surface area (Å²) in [6.45, 7) is 1.63. The average Bonchev–Trinajstić information content (AvgIpc) is 3.05. The van der Waals surface area contributed by atoms with Gasteiger partial charge in [-0.15, -0.1) is 0 Å². The third-order valence-corrected chi connectivity index (χ3v) is 6.24. The zero-order chi connectivity index (χ0) is 21.8. The molecule has 0 saturated carbocycles. The van der Waals surface area contributed by atoms with Crippen molar-refractivity contribution in [3.8, 4) is 0 Å². The van der Waals surface area contributed by atoms with Crippen LogP contribution in [0.4, 0.5) is 19.1 Å². The number of nitrogens with zero attached hydrogens (tertiary/aromatic N) is 5. The predicted octanol–water partition coefficient (Wildman–Crippen LogP) is 2.32. The van der Waals surface area contributed by atoms with E-state index in [0.29, 0.717) is 29.9 Å². The second kappa shape index (κ2) is 6.91. The Labute approximate surface area is 169 Å². The van der Waals surface area contributed by atoms with Crippen molar-refractivity contribution in [1.82, 2.24) is 19.5 Å². The molecular formula is C18H18F3N5O3S. The highest BCUT2D eigenvalue weighted by molar-refractivity contribution is 7.90. The number of halogens is 3. The van der Waals surface area contributed by atoms with E-state index in [-0.39, 0.29) is 10.8 Å². The van der Waals surface area contributed by atoms with E-state index in [1.807, 2.05) is 4.57 Å². The molecule has 1 aliphatic heterocycles. The van der Waals surface area contributed by atoms with Gasteiger partial charge in [-0.25, -0.2) is 23.4 Å². The lowest BCUT2D eigenvalue weighted by molar-refractivity contribution is -0.142. The number of hydrogen-bond donors (Lipinski definition) is 1. The number of rotatable bonds is 3. The summed E-state index contributed by atoms with van der Waals surface area (Å²) in [4.78, 5) is 14.0. The van der Waals surface area contributed by atoms with Crippen LogP contribution in [0.5, 0.6) is 0 Å². The van der Waals surface area contributed by atoms with Crippen molar-refractivity contribution >= 4 is 26.8 Å². The highest BCUT2D eigenvalue weighted by Gasteiger charge is 2.37. The maximum absolute atomic E-state index is 13.3. The maximum atomic E-state index is 13.3. The first kappa shape index (κ1) is 20.5. The number of hydrogen-bond acceptors (Lipinski definition) is 7. The molecule has 12 heteroatoms. The van der Waals surface area contributed by atoms with E-state index in [9.17, 15) is 26.7 Å². The summed E-state index contributed by atoms with van der Waals surface area (Å²) in [6.07, 6.45) is -2.62. The zero-order valence-electron chi connectivity index (χ0n) is 16.0. The minimum atomic E-state index is -4.72. The Morgan fingerprint density at radius 3 is 2.60 bits per heavy atom. The summed E-state index contributed by atoms with van der Waals surface area (Å²) in [7, 11) is -3.39. The van der Waals surface area contributed by atoms with Crippen LogP contribution in [0.1, 0.15) is 30.0 Å². The standard InChI is InChI=1S/C18H18F3N5O3S/c1-10-16-23-13-4-3-12(30(2,28)29)7-14(13)26(16)6-5-25(10)17-22-8-11(9-27)15(24-17)18(19,20)21/h3-4,7-8,10,27H,5-6,9H2,1-2H3. The van der Waals surface area contributed by atoms with Crippen molar-refractivity contribution in [2.45, 2.75) is 37.2 Å². The molecule has 0 amide bonds. The Morgan fingerprint density at radius 2 is 1.97 bits per heavy atom. The summed E-state index contributed by atoms with van der Waals surface area (Å²) in [6, 6.07) is 4.19. The molecule has 1 atom stereocenters. The van der Waals surface area contributed by atoms with Gasteiger partial charge in [0, 0.05) is 31.1 Å². The van der Waals surface area contributed by atoms with Crippen LogP contribution in [0.15, 0.2) is 29.3 Å². The lowest BCUT2D eigenvalue weighted by atomic mass is 10.2. The van der Waals surface area contributed by atoms with Crippen LogP contribution < -0.4 is 4.90 Å². The monoisotopic (exact) mass is 441 g/mol. The van der Waals surface area contributed by atoms with Crippen LogP contribution >= 0.6 is 0 Å². The third kappa shape index (κ3) is 3.39. The van der Waals surface area contributed by atoms with Crippen molar-refractivity contribution in [3.63, 3.8) is 0 Å². The molecule has 3 aromatic rings. The first-order chi connectivity index (χ1) is 14.0. The van der Waals surface area contributed by atoms with Crippen LogP contribution in [-0.2, 0) is 29.2 Å². The van der Waals surface area contributed by atoms with Crippen LogP contribution in [0.2, 0.25) is 0 Å². The van der Waals surface area contributed by atoms with Gasteiger partial charge in [-0.3, -0.25) is 0 Å². The number of alkyl halides is 3. The predicted molar refractivity (Wildman–Crippen MR) is 102 cm³/mol. The molecule has 0 spiro atoms. The summed E-state index contributed by atoms with van der Waals surface area (Å²) < 4.78 is 65.5. The molecule has 1 aromatic carbocycles. The SMILES string of the molecule is CC1c2nc3ccc(S(C)(=O)=O)cc3n2CCN1c1ncc(CO)c(C(F)(F)F)n1. The molecule has 0 saturated heterocycles. The Hall–Kier alpha value is -2.73. The number of sulfone groups is 1. The molecule has 0 fully saturated rings. The number of benzene rings is 1. The molecule has 0 radical (unpaired) electrons. The van der Waals surface area contributed by atoms with Gasteiger partial charge < -0.3 is 14.6 Å². The highest BCUT2D eigenvalue weighted by atomic mass is 32.2. The van der Waals surface area contributed by atoms with Crippen LogP contribution in [0.3, 0.4) is 0 Å². The van der Waals surface area contributed by atoms with E-state index in [1.54, 1.807) is 24.0 Å². The second-order valence-electron chi connectivity index (χ2n) is 7.11. The fourth-order valence-electron chi connectivity index (χ4n) is 3.62. The summed E-state index contributed by atoms with van der Waals surface area (Å²) >= 11 is 0. The Balaban J connectivity index is 1.77. The molecule has 4 rings (SSSR count). The van der Waals surface area contributed by atoms with Gasteiger partial charge in [0.1, 0.15) is 5.82 Å². The highest BCUT2D eigenvalue weighted by Crippen LogP contribution is 2.35. The van der Waals surface area contributed by atoms with Gasteiger partial charge in [-0.05, 0) is 25.1 Å². The lowest BCUT2D eigenvalue weighted by Gasteiger charge is -2.34. The second-order valence-corrected chi connectivity index (χ2v) is 9.13. The van der Waals surface area contributed by atoms with Gasteiger partial charge in [-0.2, -0.15) is 13.2 Å². The molecule has 160 valence electrons. The van der Waals surface area contributed by atoms with Gasteiger partial charge in [-0.1, -0.05) is 0 Å². The molecule has 1 aliphatic rings. The quantitative estimate of drug-likeness (QED) is 0.666. The van der Waals surface area contributed by atoms with E-state index in [2.05, 4.69) is 15.0 Å². The van der Waals surface area contributed by atoms with Gasteiger partial charge in [0.2, 0.25) is 5.95 Å². The van der Waals surface area contributed by atoms with E-state index >= 15 is 0 Å². The van der Waals surface area contributed by atoms with E-state index in [0.717, 1.165) is 12.5 Å². The third-order valence-electron chi connectivity index (χ3n) is 5.13. The van der Waals surface area contributed by atoms with E-state index < -0.39 is 39.9 Å². The normalized spacial score (nSPS) is 17.4. The number of aliphatic hydroxyl groups is 1. The van der Waals surface area contributed by atoms with Gasteiger partial charge >= 0.3 is 6.18 Å². The zero-order valence-corrected chi connectivity index (χ0v) is 16.9. The van der Waals surface area contributed by atoms with Crippen molar-refractivity contribution < 1.29 is 26.7 Å². The van der Waals surface area contributed by atoms with E-state index in [4.69, 9.17) is 0 Å². The molecule has 0 aliphatic carbocycles. The van der Waals surface area contributed by atoms with Crippen LogP contribution in [0, 0.1) is 0 Å². The first-order valence-electron chi connectivity index (χ1n) is 9.01. The molecule has 0 bridgehead atoms. The number of aliphatic hydroxyl groups excluding tert-OH is 1. The smallest absolute Gasteiger partial charge is 0.392 e. The Morgan fingerprint density at radius 1 is 1.23 bits per heavy atom. The van der Waals surface area contributed by atoms with Crippen molar-refractivity contribution in [2.24, 2.45) is 0 Å². The van der Waals surface area contributed by atoms with Gasteiger partial charge in [0.05, 0.1) is 28.6 Å². The van der Waals surface area contributed by atoms with Crippen LogP contribution in [-0.4, -0.2) is 45.8 Å². The van der Waals surface area contributed by atoms with Crippen molar-refractivity contribution in [1.29, 1.82) is 0 Å². The number of aromatic nitrogens is 4. The molecule has 3 heterocycles. The number of imidazole rings is 1. The molecule has 2 aromatic heterocycles. The van der Waals surface area contributed by atoms with Crippen LogP contribution in [0.25, 0.3) is 11.0 Å². The summed E-state index contributed by atoms with van der Waals surface area (Å²) in [5, 5.41) is 9.18. The molecular weight excluding hydrogens is 423 g/mol. The first-order valence-corrected chi connectivity index (χ1v) is 10.9. The maximum Gasteiger partial charge on any atom is 0.433 e. The minimum absolute atomic E-state index is 0.109. The van der Waals surface area contributed by atoms with Gasteiger partial charge in [0.15, 0.2) is 15.5 Å². The minimum Gasteiger partial charge on any atom is -0.392 e. The fourth-order valence-corrected chi connectivity index (χ4v) is 4.26. The summed E-state index contributed by atoms with van der Waals surface area (Å²) in [5.41, 5.74) is -0.318. The number of anilines is 1. The van der Waals surface area contributed by atoms with Gasteiger partial charge in [0.25, 0.3) is 0 Å². The lowest BCUT2D eigenvalue weighted by Crippen LogP contribution is -2.38. The largest absolute Gasteiger partial charge is 0.433 e. The van der Waals surface area contributed by atoms with Crippen molar-refractivity contribution in [2.75, 3.05) is 17.7 Å². The molecule has 8 nitrogen and oxygen atoms in total. The molecule has 1 N–H and O–H groups in total. The average molecular weight is 441 g/mol. The Bertz CT molecular complexity index is 1240. The van der Waals surface area contributed by atoms with Crippen molar-refractivity contribution in [3.05, 3.63) is 41.5 Å².